The minimum Gasteiger partial charge on any atom is -0.453 e. The molecule has 2 heterocycles. The number of carbonyl (C=O) groups excluding carboxylic acids is 1. The third-order valence-electron chi connectivity index (χ3n) is 4.48. The van der Waals surface area contributed by atoms with Crippen LogP contribution in [0.1, 0.15) is 19.8 Å². The second kappa shape index (κ2) is 7.88. The zero-order valence-corrected chi connectivity index (χ0v) is 14.7. The van der Waals surface area contributed by atoms with E-state index in [0.29, 0.717) is 5.69 Å². The lowest BCUT2D eigenvalue weighted by molar-refractivity contribution is 0.187. The number of pyridine rings is 1. The number of benzene rings is 1. The van der Waals surface area contributed by atoms with Crippen LogP contribution in [0, 0.1) is 5.92 Å². The Labute approximate surface area is 148 Å². The summed E-state index contributed by atoms with van der Waals surface area (Å²) in [6.45, 7) is 4.58. The van der Waals surface area contributed by atoms with Crippen molar-refractivity contribution in [3.8, 4) is 0 Å². The summed E-state index contributed by atoms with van der Waals surface area (Å²) >= 11 is 0. The summed E-state index contributed by atoms with van der Waals surface area (Å²) in [6.07, 6.45) is 3.60. The van der Waals surface area contributed by atoms with Crippen molar-refractivity contribution >= 4 is 29.0 Å². The van der Waals surface area contributed by atoms with Crippen LogP contribution < -0.4 is 15.5 Å². The molecule has 0 saturated carbocycles. The summed E-state index contributed by atoms with van der Waals surface area (Å²) in [7, 11) is 1.33. The monoisotopic (exact) mass is 340 g/mol. The quantitative estimate of drug-likeness (QED) is 0.871. The maximum absolute atomic E-state index is 11.2. The molecule has 0 atom stereocenters. The van der Waals surface area contributed by atoms with Gasteiger partial charge in [-0.15, -0.1) is 0 Å². The van der Waals surface area contributed by atoms with E-state index in [2.05, 4.69) is 56.4 Å². The number of piperidine rings is 1. The first-order valence-electron chi connectivity index (χ1n) is 8.57. The molecule has 1 aliphatic rings. The molecule has 0 radical (unpaired) electrons. The maximum atomic E-state index is 11.2. The first-order valence-corrected chi connectivity index (χ1v) is 8.57. The number of hydrogen-bond acceptors (Lipinski definition) is 5. The minimum atomic E-state index is -0.509. The molecule has 1 fully saturated rings. The zero-order chi connectivity index (χ0) is 17.6. The van der Waals surface area contributed by atoms with Gasteiger partial charge in [0.05, 0.1) is 19.0 Å². The highest BCUT2D eigenvalue weighted by atomic mass is 16.5. The van der Waals surface area contributed by atoms with Crippen molar-refractivity contribution in [1.29, 1.82) is 0 Å². The van der Waals surface area contributed by atoms with Crippen LogP contribution in [-0.4, -0.2) is 31.3 Å². The third kappa shape index (κ3) is 4.62. The Morgan fingerprint density at radius 3 is 2.40 bits per heavy atom. The van der Waals surface area contributed by atoms with Crippen LogP contribution in [0.4, 0.5) is 27.7 Å². The van der Waals surface area contributed by atoms with Crippen LogP contribution in [0.25, 0.3) is 0 Å². The van der Waals surface area contributed by atoms with Gasteiger partial charge in [0.2, 0.25) is 0 Å². The van der Waals surface area contributed by atoms with Gasteiger partial charge in [0, 0.05) is 24.5 Å². The molecular formula is C19H24N4O2. The molecule has 1 aliphatic heterocycles. The summed E-state index contributed by atoms with van der Waals surface area (Å²) in [5, 5.41) is 5.83. The lowest BCUT2D eigenvalue weighted by Crippen LogP contribution is -2.32. The number of ether oxygens (including phenoxy) is 1. The molecule has 6 nitrogen and oxygen atoms in total. The van der Waals surface area contributed by atoms with Gasteiger partial charge in [-0.1, -0.05) is 6.92 Å². The van der Waals surface area contributed by atoms with Gasteiger partial charge < -0.3 is 15.0 Å². The lowest BCUT2D eigenvalue weighted by atomic mass is 9.99. The number of aromatic nitrogens is 1. The SMILES string of the molecule is COC(=O)Nc1ccc(Nc2ccc(N3CCC(C)CC3)cc2)nc1. The molecule has 6 heteroatoms. The maximum Gasteiger partial charge on any atom is 0.411 e. The fourth-order valence-electron chi connectivity index (χ4n) is 2.88. The number of rotatable bonds is 4. The van der Waals surface area contributed by atoms with Crippen LogP contribution in [0.3, 0.4) is 0 Å². The van der Waals surface area contributed by atoms with E-state index in [1.807, 2.05) is 6.07 Å². The standard InChI is InChI=1S/C19H24N4O2/c1-14-9-11-23(12-10-14)17-6-3-15(4-7-17)21-18-8-5-16(13-20-18)22-19(24)25-2/h3-8,13-14H,9-12H2,1-2H3,(H,20,21)(H,22,24). The number of nitrogens with zero attached hydrogens (tertiary/aromatic N) is 2. The van der Waals surface area contributed by atoms with E-state index in [4.69, 9.17) is 0 Å². The van der Waals surface area contributed by atoms with Gasteiger partial charge >= 0.3 is 6.09 Å². The number of anilines is 4. The summed E-state index contributed by atoms with van der Waals surface area (Å²) in [6, 6.07) is 12.0. The largest absolute Gasteiger partial charge is 0.453 e. The Morgan fingerprint density at radius 1 is 1.12 bits per heavy atom. The van der Waals surface area contributed by atoms with E-state index in [-0.39, 0.29) is 0 Å². The van der Waals surface area contributed by atoms with Gasteiger partial charge in [0.15, 0.2) is 0 Å². The molecule has 25 heavy (non-hydrogen) atoms. The van der Waals surface area contributed by atoms with Crippen molar-refractivity contribution in [2.45, 2.75) is 19.8 Å². The fourth-order valence-corrected chi connectivity index (χ4v) is 2.88. The lowest BCUT2D eigenvalue weighted by Gasteiger charge is -2.32. The summed E-state index contributed by atoms with van der Waals surface area (Å²) in [5.74, 6) is 1.55. The van der Waals surface area contributed by atoms with Crippen molar-refractivity contribution in [2.24, 2.45) is 5.92 Å². The van der Waals surface area contributed by atoms with E-state index < -0.39 is 6.09 Å². The van der Waals surface area contributed by atoms with Crippen molar-refractivity contribution < 1.29 is 9.53 Å². The van der Waals surface area contributed by atoms with Crippen molar-refractivity contribution in [3.05, 3.63) is 42.6 Å². The first kappa shape index (κ1) is 17.1. The van der Waals surface area contributed by atoms with Crippen LogP contribution >= 0.6 is 0 Å². The molecule has 1 aromatic heterocycles. The van der Waals surface area contributed by atoms with Gasteiger partial charge in [-0.2, -0.15) is 0 Å². The minimum absolute atomic E-state index is 0.509. The predicted octanol–water partition coefficient (Wildman–Crippen LogP) is 4.24. The molecule has 0 aliphatic carbocycles. The predicted molar refractivity (Wildman–Crippen MR) is 101 cm³/mol. The van der Waals surface area contributed by atoms with Crippen LogP contribution in [0.2, 0.25) is 0 Å². The van der Waals surface area contributed by atoms with Crippen LogP contribution in [-0.2, 0) is 4.74 Å². The summed E-state index contributed by atoms with van der Waals surface area (Å²) < 4.78 is 4.55. The number of amides is 1. The molecule has 132 valence electrons. The van der Waals surface area contributed by atoms with E-state index in [0.717, 1.165) is 30.5 Å². The molecule has 2 aromatic rings. The molecule has 2 N–H and O–H groups in total. The average molecular weight is 340 g/mol. The molecule has 1 saturated heterocycles. The molecular weight excluding hydrogens is 316 g/mol. The Morgan fingerprint density at radius 2 is 1.80 bits per heavy atom. The van der Waals surface area contributed by atoms with Gasteiger partial charge in [-0.25, -0.2) is 9.78 Å². The van der Waals surface area contributed by atoms with Gasteiger partial charge in [-0.3, -0.25) is 5.32 Å². The van der Waals surface area contributed by atoms with E-state index >= 15 is 0 Å². The zero-order valence-electron chi connectivity index (χ0n) is 14.7. The van der Waals surface area contributed by atoms with E-state index in [1.54, 1.807) is 12.3 Å². The molecule has 1 amide bonds. The van der Waals surface area contributed by atoms with Crippen LogP contribution in [0.5, 0.6) is 0 Å². The molecule has 1 aromatic carbocycles. The smallest absolute Gasteiger partial charge is 0.411 e. The highest BCUT2D eigenvalue weighted by Crippen LogP contribution is 2.25. The summed E-state index contributed by atoms with van der Waals surface area (Å²) in [5.41, 5.74) is 2.84. The van der Waals surface area contributed by atoms with Crippen LogP contribution in [0.15, 0.2) is 42.6 Å². The molecule has 0 spiro atoms. The van der Waals surface area contributed by atoms with Gasteiger partial charge in [0.1, 0.15) is 5.82 Å². The second-order valence-electron chi connectivity index (χ2n) is 6.39. The molecule has 0 bridgehead atoms. The average Bonchev–Trinajstić information content (AvgIpc) is 2.64. The number of nitrogens with one attached hydrogen (secondary N) is 2. The third-order valence-corrected chi connectivity index (χ3v) is 4.48. The van der Waals surface area contributed by atoms with Crippen molar-refractivity contribution in [1.82, 2.24) is 4.98 Å². The normalized spacial score (nSPS) is 14.9. The van der Waals surface area contributed by atoms with Gasteiger partial charge in [0.25, 0.3) is 0 Å². The highest BCUT2D eigenvalue weighted by molar-refractivity contribution is 5.84. The topological polar surface area (TPSA) is 66.5 Å². The molecule has 3 rings (SSSR count). The van der Waals surface area contributed by atoms with Gasteiger partial charge in [-0.05, 0) is 55.2 Å². The molecule has 0 unspecified atom stereocenters. The van der Waals surface area contributed by atoms with E-state index in [9.17, 15) is 4.79 Å². The highest BCUT2D eigenvalue weighted by Gasteiger charge is 2.15. The Hall–Kier alpha value is -2.76. The second-order valence-corrected chi connectivity index (χ2v) is 6.39. The fraction of sp³-hybridized carbons (Fsp3) is 0.368. The Kier molecular flexibility index (Phi) is 5.38. The van der Waals surface area contributed by atoms with Crippen molar-refractivity contribution in [3.63, 3.8) is 0 Å². The Bertz CT molecular complexity index is 692. The van der Waals surface area contributed by atoms with E-state index in [1.165, 1.54) is 25.6 Å². The Balaban J connectivity index is 1.58. The number of hydrogen-bond donors (Lipinski definition) is 2. The summed E-state index contributed by atoms with van der Waals surface area (Å²) in [4.78, 5) is 17.9. The number of carbonyl (C=O) groups is 1. The first-order chi connectivity index (χ1) is 12.1. The van der Waals surface area contributed by atoms with Crippen molar-refractivity contribution in [2.75, 3.05) is 35.7 Å². The number of methoxy groups -OCH3 is 1.